The van der Waals surface area contributed by atoms with Crippen LogP contribution in [0.1, 0.15) is 25.8 Å². The van der Waals surface area contributed by atoms with E-state index in [4.69, 9.17) is 15.2 Å². The lowest BCUT2D eigenvalue weighted by molar-refractivity contribution is 0.249. The van der Waals surface area contributed by atoms with Crippen molar-refractivity contribution in [1.82, 2.24) is 5.43 Å². The Balaban J connectivity index is 2.99. The Bertz CT molecular complexity index is 492. The van der Waals surface area contributed by atoms with E-state index in [2.05, 4.69) is 26.5 Å². The normalized spacial score (nSPS) is 10.6. The number of ether oxygens (including phenoxy) is 2. The Morgan fingerprint density at radius 2 is 2.20 bits per heavy atom. The van der Waals surface area contributed by atoms with Gasteiger partial charge in [-0.05, 0) is 47.0 Å². The van der Waals surface area contributed by atoms with E-state index in [1.165, 1.54) is 6.21 Å². The van der Waals surface area contributed by atoms with Gasteiger partial charge in [-0.15, -0.1) is 0 Å². The van der Waals surface area contributed by atoms with Crippen LogP contribution in [0.2, 0.25) is 0 Å². The molecule has 0 spiro atoms. The maximum Gasteiger partial charge on any atom is 0.332 e. The van der Waals surface area contributed by atoms with Crippen LogP contribution in [0, 0.1) is 0 Å². The monoisotopic (exact) mass is 343 g/mol. The molecule has 1 aromatic rings. The average molecular weight is 344 g/mol. The summed E-state index contributed by atoms with van der Waals surface area (Å²) in [4.78, 5) is 10.5. The van der Waals surface area contributed by atoms with E-state index in [1.807, 2.05) is 19.9 Å². The Morgan fingerprint density at radius 1 is 1.45 bits per heavy atom. The minimum atomic E-state index is -0.715. The van der Waals surface area contributed by atoms with E-state index in [0.29, 0.717) is 24.7 Å². The number of carbonyl (C=O) groups excluding carboxylic acids is 1. The number of hydrazone groups is 1. The number of amides is 2. The minimum absolute atomic E-state index is 0.523. The van der Waals surface area contributed by atoms with E-state index in [9.17, 15) is 4.79 Å². The number of nitrogens with one attached hydrogen (secondary N) is 1. The first kappa shape index (κ1) is 16.3. The maximum atomic E-state index is 10.5. The van der Waals surface area contributed by atoms with Crippen LogP contribution in [0.15, 0.2) is 21.7 Å². The number of nitrogens with zero attached hydrogens (tertiary/aromatic N) is 1. The van der Waals surface area contributed by atoms with Crippen LogP contribution in [-0.2, 0) is 0 Å². The van der Waals surface area contributed by atoms with Gasteiger partial charge in [0, 0.05) is 0 Å². The van der Waals surface area contributed by atoms with Crippen molar-refractivity contribution in [2.45, 2.75) is 20.3 Å². The molecule has 110 valence electrons. The molecule has 6 nitrogen and oxygen atoms in total. The van der Waals surface area contributed by atoms with Crippen molar-refractivity contribution in [1.29, 1.82) is 0 Å². The topological polar surface area (TPSA) is 85.9 Å². The van der Waals surface area contributed by atoms with Crippen molar-refractivity contribution >= 4 is 28.2 Å². The van der Waals surface area contributed by atoms with Crippen molar-refractivity contribution in [2.24, 2.45) is 10.8 Å². The highest BCUT2D eigenvalue weighted by Gasteiger charge is 2.11. The summed E-state index contributed by atoms with van der Waals surface area (Å²) in [5, 5.41) is 3.71. The fourth-order valence-corrected chi connectivity index (χ4v) is 2.01. The summed E-state index contributed by atoms with van der Waals surface area (Å²) < 4.78 is 12.0. The summed E-state index contributed by atoms with van der Waals surface area (Å²) in [7, 11) is 0. The highest BCUT2D eigenvalue weighted by atomic mass is 79.9. The van der Waals surface area contributed by atoms with Gasteiger partial charge in [-0.3, -0.25) is 0 Å². The van der Waals surface area contributed by atoms with Gasteiger partial charge < -0.3 is 15.2 Å². The quantitative estimate of drug-likeness (QED) is 0.589. The lowest BCUT2D eigenvalue weighted by Crippen LogP contribution is -2.24. The van der Waals surface area contributed by atoms with Crippen molar-refractivity contribution in [3.05, 3.63) is 22.2 Å². The fourth-order valence-electron chi connectivity index (χ4n) is 1.44. The van der Waals surface area contributed by atoms with Crippen LogP contribution in [0.5, 0.6) is 11.5 Å². The molecule has 2 amide bonds. The number of hydrogen-bond donors (Lipinski definition) is 2. The van der Waals surface area contributed by atoms with Gasteiger partial charge in [-0.2, -0.15) is 5.10 Å². The summed E-state index contributed by atoms with van der Waals surface area (Å²) in [6.07, 6.45) is 2.38. The molecule has 1 rings (SSSR count). The zero-order valence-corrected chi connectivity index (χ0v) is 13.1. The number of hydrogen-bond acceptors (Lipinski definition) is 4. The molecular formula is C13H18BrN3O3. The Kier molecular flexibility index (Phi) is 6.86. The van der Waals surface area contributed by atoms with E-state index in [-0.39, 0.29) is 0 Å². The van der Waals surface area contributed by atoms with Crippen LogP contribution < -0.4 is 20.6 Å². The minimum Gasteiger partial charge on any atom is -0.490 e. The van der Waals surface area contributed by atoms with Crippen LogP contribution >= 0.6 is 15.9 Å². The van der Waals surface area contributed by atoms with Gasteiger partial charge in [0.05, 0.1) is 23.9 Å². The van der Waals surface area contributed by atoms with Gasteiger partial charge in [0.1, 0.15) is 0 Å². The van der Waals surface area contributed by atoms with Crippen LogP contribution in [0.4, 0.5) is 4.79 Å². The number of nitrogens with two attached hydrogens (primary N) is 1. The summed E-state index contributed by atoms with van der Waals surface area (Å²) in [5.41, 5.74) is 7.81. The molecular weight excluding hydrogens is 326 g/mol. The Morgan fingerprint density at radius 3 is 2.80 bits per heavy atom. The first-order valence-electron chi connectivity index (χ1n) is 6.26. The van der Waals surface area contributed by atoms with Crippen molar-refractivity contribution in [3.8, 4) is 11.5 Å². The van der Waals surface area contributed by atoms with Gasteiger partial charge in [-0.25, -0.2) is 10.2 Å². The molecule has 0 aliphatic carbocycles. The molecule has 0 saturated heterocycles. The Labute approximate surface area is 126 Å². The predicted octanol–water partition coefficient (Wildman–Crippen LogP) is 2.64. The third-order valence-electron chi connectivity index (χ3n) is 2.17. The van der Waals surface area contributed by atoms with Crippen molar-refractivity contribution in [3.63, 3.8) is 0 Å². The maximum absolute atomic E-state index is 10.5. The summed E-state index contributed by atoms with van der Waals surface area (Å²) in [6.45, 7) is 5.06. The molecule has 0 aliphatic rings. The molecule has 0 aliphatic heterocycles. The Hall–Kier alpha value is -1.76. The lowest BCUT2D eigenvalue weighted by Gasteiger charge is -2.14. The van der Waals surface area contributed by atoms with Gasteiger partial charge >= 0.3 is 6.03 Å². The third-order valence-corrected chi connectivity index (χ3v) is 2.76. The second-order valence-corrected chi connectivity index (χ2v) is 4.70. The molecule has 0 heterocycles. The molecule has 0 fully saturated rings. The highest BCUT2D eigenvalue weighted by Crippen LogP contribution is 2.36. The third kappa shape index (κ3) is 5.08. The van der Waals surface area contributed by atoms with E-state index >= 15 is 0 Å². The van der Waals surface area contributed by atoms with Crippen molar-refractivity contribution in [2.75, 3.05) is 13.2 Å². The second-order valence-electron chi connectivity index (χ2n) is 3.85. The summed E-state index contributed by atoms with van der Waals surface area (Å²) in [5.74, 6) is 1.28. The van der Waals surface area contributed by atoms with E-state index < -0.39 is 6.03 Å². The van der Waals surface area contributed by atoms with Crippen molar-refractivity contribution < 1.29 is 14.3 Å². The van der Waals surface area contributed by atoms with E-state index in [0.717, 1.165) is 16.5 Å². The first-order chi connectivity index (χ1) is 9.58. The number of primary amides is 1. The van der Waals surface area contributed by atoms with Gasteiger partial charge in [-0.1, -0.05) is 6.92 Å². The van der Waals surface area contributed by atoms with Crippen LogP contribution in [0.3, 0.4) is 0 Å². The number of urea groups is 1. The van der Waals surface area contributed by atoms with E-state index in [1.54, 1.807) is 6.07 Å². The zero-order valence-electron chi connectivity index (χ0n) is 11.5. The SMILES string of the molecule is CCCOc1c(Br)cc(/C=N\NC(N)=O)cc1OCC. The molecule has 0 bridgehead atoms. The molecule has 0 atom stereocenters. The molecule has 0 aromatic heterocycles. The largest absolute Gasteiger partial charge is 0.490 e. The summed E-state index contributed by atoms with van der Waals surface area (Å²) in [6, 6.07) is 2.89. The van der Waals surface area contributed by atoms with Crippen LogP contribution in [-0.4, -0.2) is 25.5 Å². The zero-order chi connectivity index (χ0) is 15.0. The van der Waals surface area contributed by atoms with Gasteiger partial charge in [0.25, 0.3) is 0 Å². The lowest BCUT2D eigenvalue weighted by atomic mass is 10.2. The second kappa shape index (κ2) is 8.42. The number of halogens is 1. The molecule has 7 heteroatoms. The molecule has 1 aromatic carbocycles. The predicted molar refractivity (Wildman–Crippen MR) is 81.4 cm³/mol. The number of benzene rings is 1. The van der Waals surface area contributed by atoms with Crippen LogP contribution in [0.25, 0.3) is 0 Å². The highest BCUT2D eigenvalue weighted by molar-refractivity contribution is 9.10. The molecule has 0 radical (unpaired) electrons. The molecule has 20 heavy (non-hydrogen) atoms. The number of rotatable bonds is 7. The fraction of sp³-hybridized carbons (Fsp3) is 0.385. The molecule has 0 saturated carbocycles. The molecule has 0 unspecified atom stereocenters. The smallest absolute Gasteiger partial charge is 0.332 e. The van der Waals surface area contributed by atoms with Gasteiger partial charge in [0.2, 0.25) is 0 Å². The standard InChI is InChI=1S/C13H18BrN3O3/c1-3-5-20-12-10(14)6-9(7-11(12)19-4-2)8-16-17-13(15)18/h6-8H,3-5H2,1-2H3,(H3,15,17,18)/b16-8-. The molecule has 3 N–H and O–H groups in total. The number of carbonyl (C=O) groups is 1. The van der Waals surface area contributed by atoms with Gasteiger partial charge in [0.15, 0.2) is 11.5 Å². The first-order valence-corrected chi connectivity index (χ1v) is 7.05. The average Bonchev–Trinajstić information content (AvgIpc) is 2.38. The summed E-state index contributed by atoms with van der Waals surface area (Å²) >= 11 is 3.44.